The average molecular weight is 431 g/mol. The first-order valence-corrected chi connectivity index (χ1v) is 10.7. The van der Waals surface area contributed by atoms with Gasteiger partial charge in [0.1, 0.15) is 11.2 Å². The van der Waals surface area contributed by atoms with Gasteiger partial charge in [0, 0.05) is 45.3 Å². The second kappa shape index (κ2) is 7.47. The number of amides is 2. The van der Waals surface area contributed by atoms with Crippen LogP contribution in [0.25, 0.3) is 5.82 Å². The molecule has 1 atom stereocenters. The zero-order valence-corrected chi connectivity index (χ0v) is 18.5. The van der Waals surface area contributed by atoms with Crippen LogP contribution in [0, 0.1) is 6.92 Å². The number of nitrogens with zero attached hydrogens (tertiary/aromatic N) is 6. The van der Waals surface area contributed by atoms with Crippen LogP contribution >= 0.6 is 0 Å². The van der Waals surface area contributed by atoms with E-state index in [-0.39, 0.29) is 18.4 Å². The monoisotopic (exact) mass is 430 g/mol. The summed E-state index contributed by atoms with van der Waals surface area (Å²) in [6, 6.07) is 13.5. The van der Waals surface area contributed by atoms with E-state index in [0.29, 0.717) is 25.2 Å². The number of hydrogen-bond donors (Lipinski definition) is 0. The smallest absolute Gasteiger partial charge is 0.272 e. The second-order valence-electron chi connectivity index (χ2n) is 8.66. The Morgan fingerprint density at radius 2 is 1.97 bits per heavy atom. The zero-order chi connectivity index (χ0) is 22.5. The first-order valence-electron chi connectivity index (χ1n) is 10.7. The molecule has 1 saturated heterocycles. The van der Waals surface area contributed by atoms with E-state index in [4.69, 9.17) is 0 Å². The maximum absolute atomic E-state index is 13.3. The molecule has 0 aliphatic carbocycles. The van der Waals surface area contributed by atoms with Crippen LogP contribution in [-0.2, 0) is 10.3 Å². The molecule has 3 aromatic rings. The molecular weight excluding hydrogens is 404 g/mol. The molecule has 8 heteroatoms. The minimum absolute atomic E-state index is 0.00399. The van der Waals surface area contributed by atoms with Gasteiger partial charge in [-0.25, -0.2) is 9.97 Å². The van der Waals surface area contributed by atoms with Crippen molar-refractivity contribution < 1.29 is 9.59 Å². The third-order valence-electron chi connectivity index (χ3n) is 6.46. The summed E-state index contributed by atoms with van der Waals surface area (Å²) in [5, 5.41) is 0. The number of aryl methyl sites for hydroxylation is 1. The van der Waals surface area contributed by atoms with E-state index in [2.05, 4.69) is 25.5 Å². The Labute approximate surface area is 187 Å². The van der Waals surface area contributed by atoms with Gasteiger partial charge in [0.25, 0.3) is 5.91 Å². The van der Waals surface area contributed by atoms with Crippen molar-refractivity contribution >= 4 is 17.5 Å². The van der Waals surface area contributed by atoms with Gasteiger partial charge in [-0.05, 0) is 49.7 Å². The molecule has 3 aromatic heterocycles. The molecule has 2 aliphatic rings. The molecule has 5 heterocycles. The number of aromatic nitrogens is 3. The maximum atomic E-state index is 13.3. The van der Waals surface area contributed by atoms with Gasteiger partial charge in [0.05, 0.1) is 17.9 Å². The average Bonchev–Trinajstić information content (AvgIpc) is 3.45. The molecule has 0 aromatic carbocycles. The third kappa shape index (κ3) is 3.05. The van der Waals surface area contributed by atoms with Gasteiger partial charge in [-0.2, -0.15) is 0 Å². The largest absolute Gasteiger partial charge is 0.347 e. The molecule has 0 unspecified atom stereocenters. The number of carbonyl (C=O) groups is 2. The molecule has 0 saturated carbocycles. The summed E-state index contributed by atoms with van der Waals surface area (Å²) < 4.78 is 2.09. The highest BCUT2D eigenvalue weighted by atomic mass is 16.2. The van der Waals surface area contributed by atoms with Gasteiger partial charge in [-0.15, -0.1) is 0 Å². The van der Waals surface area contributed by atoms with E-state index >= 15 is 0 Å². The number of anilines is 1. The summed E-state index contributed by atoms with van der Waals surface area (Å²) in [5.41, 5.74) is 2.68. The van der Waals surface area contributed by atoms with Crippen LogP contribution < -0.4 is 4.90 Å². The molecule has 0 radical (unpaired) electrons. The van der Waals surface area contributed by atoms with Crippen molar-refractivity contribution in [3.05, 3.63) is 71.9 Å². The van der Waals surface area contributed by atoms with Crippen molar-refractivity contribution in [2.75, 3.05) is 38.6 Å². The van der Waals surface area contributed by atoms with Gasteiger partial charge in [0.15, 0.2) is 5.82 Å². The van der Waals surface area contributed by atoms with Crippen LogP contribution in [0.4, 0.5) is 5.69 Å². The Morgan fingerprint density at radius 3 is 2.75 bits per heavy atom. The van der Waals surface area contributed by atoms with Crippen LogP contribution in [0.3, 0.4) is 0 Å². The molecule has 32 heavy (non-hydrogen) atoms. The van der Waals surface area contributed by atoms with E-state index in [1.165, 1.54) is 0 Å². The fourth-order valence-corrected chi connectivity index (χ4v) is 4.83. The highest BCUT2D eigenvalue weighted by molar-refractivity contribution is 5.93. The van der Waals surface area contributed by atoms with Crippen LogP contribution in [0.5, 0.6) is 0 Å². The van der Waals surface area contributed by atoms with E-state index in [1.807, 2.05) is 48.4 Å². The lowest BCUT2D eigenvalue weighted by Gasteiger charge is -2.46. The van der Waals surface area contributed by atoms with E-state index in [9.17, 15) is 9.59 Å². The standard InChI is InChI=1S/C24H26N6O2/c1-17-7-4-8-18(26-17)23(32)28-14-11-24(16-28)20-10-6-13-29(20)22-19(9-5-12-25-22)30(24)15-21(31)27(2)3/h4-10,12-13H,11,14-16H2,1-3H3/t24-/m1/s1. The summed E-state index contributed by atoms with van der Waals surface area (Å²) in [6.45, 7) is 3.15. The summed E-state index contributed by atoms with van der Waals surface area (Å²) in [4.78, 5) is 40.8. The Hall–Kier alpha value is -3.68. The lowest BCUT2D eigenvalue weighted by molar-refractivity contribution is -0.127. The number of likely N-dealkylation sites (tertiary alicyclic amines) is 1. The minimum Gasteiger partial charge on any atom is -0.347 e. The summed E-state index contributed by atoms with van der Waals surface area (Å²) in [5.74, 6) is 0.721. The zero-order valence-electron chi connectivity index (χ0n) is 18.5. The lowest BCUT2D eigenvalue weighted by Crippen LogP contribution is -2.55. The molecule has 1 spiro atoms. The quantitative estimate of drug-likeness (QED) is 0.637. The van der Waals surface area contributed by atoms with Gasteiger partial charge in [-0.1, -0.05) is 6.07 Å². The fourth-order valence-electron chi connectivity index (χ4n) is 4.83. The highest BCUT2D eigenvalue weighted by Crippen LogP contribution is 2.47. The van der Waals surface area contributed by atoms with Gasteiger partial charge >= 0.3 is 0 Å². The van der Waals surface area contributed by atoms with Crippen LogP contribution in [-0.4, -0.2) is 69.9 Å². The predicted octanol–water partition coefficient (Wildman–Crippen LogP) is 2.23. The molecule has 1 fully saturated rings. The van der Waals surface area contributed by atoms with Crippen LogP contribution in [0.2, 0.25) is 0 Å². The maximum Gasteiger partial charge on any atom is 0.272 e. The number of fused-ring (bicyclic) bond motifs is 4. The van der Waals surface area contributed by atoms with E-state index < -0.39 is 5.54 Å². The van der Waals surface area contributed by atoms with Crippen LogP contribution in [0.1, 0.15) is 28.3 Å². The molecule has 2 amide bonds. The van der Waals surface area contributed by atoms with Crippen molar-refractivity contribution in [1.29, 1.82) is 0 Å². The summed E-state index contributed by atoms with van der Waals surface area (Å²) in [7, 11) is 3.53. The van der Waals surface area contributed by atoms with E-state index in [0.717, 1.165) is 22.9 Å². The number of hydrogen-bond acceptors (Lipinski definition) is 5. The predicted molar refractivity (Wildman–Crippen MR) is 121 cm³/mol. The topological polar surface area (TPSA) is 74.6 Å². The van der Waals surface area contributed by atoms with Crippen molar-refractivity contribution in [2.45, 2.75) is 18.9 Å². The SMILES string of the molecule is Cc1cccc(C(=O)N2CC[C@@]3(C2)c2cccn2-c2ncccc2N3CC(=O)N(C)C)n1. The summed E-state index contributed by atoms with van der Waals surface area (Å²) in [6.07, 6.45) is 4.48. The third-order valence-corrected chi connectivity index (χ3v) is 6.46. The highest BCUT2D eigenvalue weighted by Gasteiger charge is 2.51. The number of rotatable bonds is 3. The number of carbonyl (C=O) groups excluding carboxylic acids is 2. The number of likely N-dealkylation sites (N-methyl/N-ethyl adjacent to an activating group) is 1. The normalized spacial score (nSPS) is 19.1. The molecule has 2 aliphatic heterocycles. The first-order chi connectivity index (χ1) is 15.4. The summed E-state index contributed by atoms with van der Waals surface area (Å²) >= 11 is 0. The molecule has 8 nitrogen and oxygen atoms in total. The van der Waals surface area contributed by atoms with E-state index in [1.54, 1.807) is 31.3 Å². The molecule has 5 rings (SSSR count). The number of pyridine rings is 2. The van der Waals surface area contributed by atoms with Crippen molar-refractivity contribution in [2.24, 2.45) is 0 Å². The Balaban J connectivity index is 1.58. The lowest BCUT2D eigenvalue weighted by atomic mass is 9.88. The van der Waals surface area contributed by atoms with Gasteiger partial charge in [0.2, 0.25) is 5.91 Å². The molecule has 0 bridgehead atoms. The Kier molecular flexibility index (Phi) is 4.73. The second-order valence-corrected chi connectivity index (χ2v) is 8.66. The minimum atomic E-state index is -0.523. The molecule has 0 N–H and O–H groups in total. The van der Waals surface area contributed by atoms with Crippen LogP contribution in [0.15, 0.2) is 54.9 Å². The fraction of sp³-hybridized carbons (Fsp3) is 0.333. The van der Waals surface area contributed by atoms with Crippen molar-refractivity contribution in [3.63, 3.8) is 0 Å². The van der Waals surface area contributed by atoms with Gasteiger partial charge in [-0.3, -0.25) is 9.59 Å². The molecule has 164 valence electrons. The Morgan fingerprint density at radius 1 is 1.12 bits per heavy atom. The Bertz CT molecular complexity index is 1200. The first kappa shape index (κ1) is 20.2. The van der Waals surface area contributed by atoms with Crippen molar-refractivity contribution in [1.82, 2.24) is 24.3 Å². The van der Waals surface area contributed by atoms with Gasteiger partial charge < -0.3 is 19.3 Å². The molecular formula is C24H26N6O2. The van der Waals surface area contributed by atoms with Crippen molar-refractivity contribution in [3.8, 4) is 5.82 Å².